The van der Waals surface area contributed by atoms with E-state index in [4.69, 9.17) is 9.52 Å². The molecule has 0 spiro atoms. The summed E-state index contributed by atoms with van der Waals surface area (Å²) in [5, 5.41) is 9.05. The highest BCUT2D eigenvalue weighted by Crippen LogP contribution is 2.28. The van der Waals surface area contributed by atoms with Crippen LogP contribution >= 0.6 is 15.9 Å². The van der Waals surface area contributed by atoms with E-state index in [2.05, 4.69) is 20.9 Å². The van der Waals surface area contributed by atoms with Crippen LogP contribution in [0.25, 0.3) is 11.3 Å². The number of aliphatic imine (C=N–C) groups is 1. The molecule has 0 aliphatic rings. The van der Waals surface area contributed by atoms with Crippen molar-refractivity contribution in [1.29, 1.82) is 0 Å². The Morgan fingerprint density at radius 2 is 1.92 bits per heavy atom. The second-order valence-corrected chi connectivity index (χ2v) is 6.60. The van der Waals surface area contributed by atoms with E-state index in [9.17, 15) is 4.79 Å². The van der Waals surface area contributed by atoms with Gasteiger partial charge in [0.15, 0.2) is 0 Å². The number of furan rings is 1. The molecule has 0 amide bonds. The molecule has 2 aromatic carbocycles. The number of rotatable bonds is 4. The number of nitrogens with zero attached hydrogens (tertiary/aromatic N) is 1. The molecule has 0 unspecified atom stereocenters. The Balaban J connectivity index is 1.85. The number of aryl methyl sites for hydroxylation is 2. The van der Waals surface area contributed by atoms with Crippen LogP contribution in [0.2, 0.25) is 0 Å². The van der Waals surface area contributed by atoms with E-state index in [0.717, 1.165) is 26.9 Å². The van der Waals surface area contributed by atoms with Gasteiger partial charge >= 0.3 is 5.97 Å². The van der Waals surface area contributed by atoms with Gasteiger partial charge in [0.2, 0.25) is 0 Å². The van der Waals surface area contributed by atoms with E-state index >= 15 is 0 Å². The van der Waals surface area contributed by atoms with Gasteiger partial charge in [0.1, 0.15) is 11.5 Å². The van der Waals surface area contributed by atoms with Crippen molar-refractivity contribution in [3.63, 3.8) is 0 Å². The molecule has 25 heavy (non-hydrogen) atoms. The first-order valence-electron chi connectivity index (χ1n) is 7.68. The first kappa shape index (κ1) is 17.2. The lowest BCUT2D eigenvalue weighted by Gasteiger charge is -2.04. The Bertz CT molecular complexity index is 973. The number of carbonyl (C=O) groups is 1. The Morgan fingerprint density at radius 3 is 2.60 bits per heavy atom. The van der Waals surface area contributed by atoms with Crippen molar-refractivity contribution in [2.75, 3.05) is 0 Å². The number of halogens is 1. The minimum absolute atomic E-state index is 0.263. The molecule has 4 nitrogen and oxygen atoms in total. The first-order valence-corrected chi connectivity index (χ1v) is 8.48. The Kier molecular flexibility index (Phi) is 4.86. The average molecular weight is 398 g/mol. The monoisotopic (exact) mass is 397 g/mol. The molecular formula is C20H16BrNO3. The van der Waals surface area contributed by atoms with Gasteiger partial charge in [-0.1, -0.05) is 12.1 Å². The average Bonchev–Trinajstić information content (AvgIpc) is 3.02. The third-order valence-electron chi connectivity index (χ3n) is 3.80. The fraction of sp³-hybridized carbons (Fsp3) is 0.100. The lowest BCUT2D eigenvalue weighted by atomic mass is 10.0. The van der Waals surface area contributed by atoms with E-state index in [-0.39, 0.29) is 5.56 Å². The van der Waals surface area contributed by atoms with E-state index in [1.165, 1.54) is 0 Å². The van der Waals surface area contributed by atoms with Crippen molar-refractivity contribution in [3.8, 4) is 11.3 Å². The molecule has 1 N–H and O–H groups in total. The van der Waals surface area contributed by atoms with Crippen LogP contribution in [-0.2, 0) is 0 Å². The summed E-state index contributed by atoms with van der Waals surface area (Å²) >= 11 is 3.50. The van der Waals surface area contributed by atoms with Crippen molar-refractivity contribution in [2.45, 2.75) is 13.8 Å². The summed E-state index contributed by atoms with van der Waals surface area (Å²) in [6.07, 6.45) is 1.67. The van der Waals surface area contributed by atoms with Crippen molar-refractivity contribution in [1.82, 2.24) is 0 Å². The Labute approximate surface area is 154 Å². The van der Waals surface area contributed by atoms with Crippen molar-refractivity contribution < 1.29 is 14.3 Å². The van der Waals surface area contributed by atoms with Crippen molar-refractivity contribution >= 4 is 33.8 Å². The van der Waals surface area contributed by atoms with Crippen LogP contribution in [0.5, 0.6) is 0 Å². The summed E-state index contributed by atoms with van der Waals surface area (Å²) in [4.78, 5) is 15.5. The number of carboxylic acids is 1. The van der Waals surface area contributed by atoms with E-state index in [1.54, 1.807) is 24.4 Å². The minimum atomic E-state index is -0.939. The van der Waals surface area contributed by atoms with Gasteiger partial charge in [0, 0.05) is 10.0 Å². The molecule has 0 aliphatic carbocycles. The molecule has 3 aromatic rings. The number of hydrogen-bond donors (Lipinski definition) is 1. The van der Waals surface area contributed by atoms with Crippen LogP contribution in [0.1, 0.15) is 27.2 Å². The van der Waals surface area contributed by atoms with Gasteiger partial charge in [-0.2, -0.15) is 0 Å². The van der Waals surface area contributed by atoms with Crippen LogP contribution < -0.4 is 0 Å². The van der Waals surface area contributed by atoms with Gasteiger partial charge in [0.25, 0.3) is 0 Å². The molecule has 0 saturated heterocycles. The zero-order valence-corrected chi connectivity index (χ0v) is 15.4. The number of benzene rings is 2. The van der Waals surface area contributed by atoms with Gasteiger partial charge in [-0.25, -0.2) is 4.79 Å². The maximum atomic E-state index is 11.0. The molecule has 5 heteroatoms. The maximum Gasteiger partial charge on any atom is 0.335 e. The van der Waals surface area contributed by atoms with Crippen LogP contribution in [0, 0.1) is 13.8 Å². The van der Waals surface area contributed by atoms with E-state index in [0.29, 0.717) is 11.5 Å². The number of carboxylic acid groups (broad SMARTS) is 1. The van der Waals surface area contributed by atoms with E-state index in [1.807, 2.05) is 44.2 Å². The fourth-order valence-corrected chi connectivity index (χ4v) is 3.09. The molecule has 1 heterocycles. The van der Waals surface area contributed by atoms with Gasteiger partial charge in [0.05, 0.1) is 17.5 Å². The van der Waals surface area contributed by atoms with Gasteiger partial charge in [-0.15, -0.1) is 0 Å². The van der Waals surface area contributed by atoms with Gasteiger partial charge in [-0.3, -0.25) is 4.99 Å². The fourth-order valence-electron chi connectivity index (χ4n) is 2.49. The third-order valence-corrected chi connectivity index (χ3v) is 4.43. The normalized spacial score (nSPS) is 11.2. The summed E-state index contributed by atoms with van der Waals surface area (Å²) in [5.74, 6) is 0.369. The maximum absolute atomic E-state index is 11.0. The van der Waals surface area contributed by atoms with Crippen molar-refractivity contribution in [2.24, 2.45) is 4.99 Å². The molecule has 0 atom stereocenters. The Morgan fingerprint density at radius 1 is 1.12 bits per heavy atom. The van der Waals surface area contributed by atoms with Crippen molar-refractivity contribution in [3.05, 3.63) is 75.5 Å². The highest BCUT2D eigenvalue weighted by Gasteiger charge is 2.10. The smallest absolute Gasteiger partial charge is 0.335 e. The van der Waals surface area contributed by atoms with E-state index < -0.39 is 5.97 Å². The van der Waals surface area contributed by atoms with Gasteiger partial charge in [-0.05, 0) is 77.3 Å². The SMILES string of the molecule is Cc1ccc(N=Cc2ccc(-c3ccc(C(=O)O)cc3C)o2)c(Br)c1. The first-order chi connectivity index (χ1) is 11.9. The van der Waals surface area contributed by atoms with Crippen LogP contribution in [0.15, 0.2) is 62.4 Å². The largest absolute Gasteiger partial charge is 0.478 e. The molecule has 0 bridgehead atoms. The summed E-state index contributed by atoms with van der Waals surface area (Å²) < 4.78 is 6.75. The second kappa shape index (κ2) is 7.07. The highest BCUT2D eigenvalue weighted by atomic mass is 79.9. The molecule has 0 radical (unpaired) electrons. The lowest BCUT2D eigenvalue weighted by molar-refractivity contribution is 0.0697. The lowest BCUT2D eigenvalue weighted by Crippen LogP contribution is -1.96. The zero-order chi connectivity index (χ0) is 18.0. The molecule has 0 fully saturated rings. The van der Waals surface area contributed by atoms with Crippen LogP contribution in [0.3, 0.4) is 0 Å². The predicted molar refractivity (Wildman–Crippen MR) is 102 cm³/mol. The summed E-state index contributed by atoms with van der Waals surface area (Å²) in [6, 6.07) is 14.6. The zero-order valence-electron chi connectivity index (χ0n) is 13.8. The predicted octanol–water partition coefficient (Wildman–Crippen LogP) is 5.77. The quantitative estimate of drug-likeness (QED) is 0.567. The summed E-state index contributed by atoms with van der Waals surface area (Å²) in [7, 11) is 0. The Hall–Kier alpha value is -2.66. The third kappa shape index (κ3) is 3.88. The standard InChI is InChI=1S/C20H16BrNO3/c1-12-3-7-18(17(21)9-12)22-11-15-5-8-19(25-15)16-6-4-14(20(23)24)10-13(16)2/h3-11H,1-2H3,(H,23,24). The van der Waals surface area contributed by atoms with Crippen LogP contribution in [-0.4, -0.2) is 17.3 Å². The molecule has 0 aliphatic heterocycles. The number of hydrogen-bond acceptors (Lipinski definition) is 3. The highest BCUT2D eigenvalue weighted by molar-refractivity contribution is 9.10. The molecular weight excluding hydrogens is 382 g/mol. The minimum Gasteiger partial charge on any atom is -0.478 e. The number of aromatic carboxylic acids is 1. The van der Waals surface area contributed by atoms with Gasteiger partial charge < -0.3 is 9.52 Å². The molecule has 3 rings (SSSR count). The molecule has 0 saturated carbocycles. The molecule has 126 valence electrons. The summed E-state index contributed by atoms with van der Waals surface area (Å²) in [5.41, 5.74) is 3.95. The second-order valence-electron chi connectivity index (χ2n) is 5.75. The summed E-state index contributed by atoms with van der Waals surface area (Å²) in [6.45, 7) is 3.89. The molecule has 1 aromatic heterocycles. The topological polar surface area (TPSA) is 62.8 Å². The van der Waals surface area contributed by atoms with Crippen LogP contribution in [0.4, 0.5) is 5.69 Å².